The second kappa shape index (κ2) is 4.21. The summed E-state index contributed by atoms with van der Waals surface area (Å²) >= 11 is 0. The summed E-state index contributed by atoms with van der Waals surface area (Å²) in [5, 5.41) is 3.65. The summed E-state index contributed by atoms with van der Waals surface area (Å²) in [6, 6.07) is 5.73. The van der Waals surface area contributed by atoms with Gasteiger partial charge in [-0.1, -0.05) is 0 Å². The minimum Gasteiger partial charge on any atom is -0.490 e. The molecule has 4 nitrogen and oxygen atoms in total. The summed E-state index contributed by atoms with van der Waals surface area (Å²) in [4.78, 5) is 0. The molecule has 1 heterocycles. The van der Waals surface area contributed by atoms with Crippen molar-refractivity contribution in [2.75, 3.05) is 13.2 Å². The molecule has 1 aliphatic rings. The van der Waals surface area contributed by atoms with E-state index in [1.807, 2.05) is 25.1 Å². The van der Waals surface area contributed by atoms with Crippen LogP contribution in [0.4, 0.5) is 0 Å². The fraction of sp³-hybridized carbons (Fsp3) is 0.364. The van der Waals surface area contributed by atoms with E-state index < -0.39 is 0 Å². The van der Waals surface area contributed by atoms with Crippen LogP contribution in [-0.4, -0.2) is 18.9 Å². The molecule has 0 saturated carbocycles. The van der Waals surface area contributed by atoms with Crippen LogP contribution in [0.3, 0.4) is 0 Å². The van der Waals surface area contributed by atoms with E-state index in [0.29, 0.717) is 13.2 Å². The van der Waals surface area contributed by atoms with Crippen molar-refractivity contribution in [3.63, 3.8) is 0 Å². The Hall–Kier alpha value is -1.71. The minimum absolute atomic E-state index is 0.690. The van der Waals surface area contributed by atoms with E-state index in [4.69, 9.17) is 15.3 Å². The van der Waals surface area contributed by atoms with Gasteiger partial charge in [0.15, 0.2) is 11.5 Å². The second-order valence-corrected chi connectivity index (χ2v) is 3.43. The van der Waals surface area contributed by atoms with Gasteiger partial charge in [-0.3, -0.25) is 0 Å². The number of hydrazone groups is 1. The zero-order chi connectivity index (χ0) is 10.7. The number of ether oxygens (including phenoxy) is 2. The fourth-order valence-corrected chi connectivity index (χ4v) is 1.46. The molecule has 0 saturated heterocycles. The molecule has 0 aromatic heterocycles. The molecule has 1 aliphatic heterocycles. The van der Waals surface area contributed by atoms with Crippen LogP contribution in [-0.2, 0) is 0 Å². The van der Waals surface area contributed by atoms with Crippen molar-refractivity contribution in [3.05, 3.63) is 23.8 Å². The monoisotopic (exact) mass is 206 g/mol. The SMILES string of the molecule is C/C(=N/N)c1ccc2c(c1)OCCCO2. The Balaban J connectivity index is 2.36. The maximum absolute atomic E-state index is 5.56. The zero-order valence-corrected chi connectivity index (χ0v) is 8.69. The number of rotatable bonds is 1. The number of nitrogens with zero attached hydrogens (tertiary/aromatic N) is 1. The van der Waals surface area contributed by atoms with Crippen LogP contribution in [0.5, 0.6) is 11.5 Å². The van der Waals surface area contributed by atoms with Crippen LogP contribution in [0.25, 0.3) is 0 Å². The highest BCUT2D eigenvalue weighted by Crippen LogP contribution is 2.30. The largest absolute Gasteiger partial charge is 0.490 e. The third kappa shape index (κ3) is 2.03. The van der Waals surface area contributed by atoms with E-state index in [2.05, 4.69) is 5.10 Å². The highest BCUT2D eigenvalue weighted by atomic mass is 16.5. The summed E-state index contributed by atoms with van der Waals surface area (Å²) in [5.74, 6) is 6.79. The van der Waals surface area contributed by atoms with E-state index in [-0.39, 0.29) is 0 Å². The predicted molar refractivity (Wildman–Crippen MR) is 58.4 cm³/mol. The lowest BCUT2D eigenvalue weighted by atomic mass is 10.1. The number of hydrogen-bond acceptors (Lipinski definition) is 4. The summed E-state index contributed by atoms with van der Waals surface area (Å²) in [6.45, 7) is 3.25. The van der Waals surface area contributed by atoms with E-state index in [1.165, 1.54) is 0 Å². The van der Waals surface area contributed by atoms with E-state index in [0.717, 1.165) is 29.2 Å². The average molecular weight is 206 g/mol. The molecule has 2 rings (SSSR count). The molecule has 2 N–H and O–H groups in total. The molecule has 0 atom stereocenters. The van der Waals surface area contributed by atoms with Gasteiger partial charge < -0.3 is 15.3 Å². The summed E-state index contributed by atoms with van der Waals surface area (Å²) < 4.78 is 11.1. The summed E-state index contributed by atoms with van der Waals surface area (Å²) in [5.41, 5.74) is 1.74. The number of benzene rings is 1. The van der Waals surface area contributed by atoms with Crippen molar-refractivity contribution in [3.8, 4) is 11.5 Å². The van der Waals surface area contributed by atoms with Crippen molar-refractivity contribution < 1.29 is 9.47 Å². The molecular weight excluding hydrogens is 192 g/mol. The van der Waals surface area contributed by atoms with Crippen LogP contribution >= 0.6 is 0 Å². The molecule has 1 aromatic rings. The van der Waals surface area contributed by atoms with Gasteiger partial charge in [-0.25, -0.2) is 0 Å². The highest BCUT2D eigenvalue weighted by molar-refractivity contribution is 5.99. The Bertz CT molecular complexity index is 388. The first-order valence-electron chi connectivity index (χ1n) is 4.96. The predicted octanol–water partition coefficient (Wildman–Crippen LogP) is 1.53. The second-order valence-electron chi connectivity index (χ2n) is 3.43. The molecule has 80 valence electrons. The molecule has 0 bridgehead atoms. The number of hydrogen-bond donors (Lipinski definition) is 1. The Morgan fingerprint density at radius 1 is 1.27 bits per heavy atom. The molecule has 0 spiro atoms. The number of nitrogens with two attached hydrogens (primary N) is 1. The van der Waals surface area contributed by atoms with Gasteiger partial charge in [-0.2, -0.15) is 5.10 Å². The van der Waals surface area contributed by atoms with Crippen LogP contribution in [0.1, 0.15) is 18.9 Å². The fourth-order valence-electron chi connectivity index (χ4n) is 1.46. The first kappa shape index (κ1) is 9.83. The van der Waals surface area contributed by atoms with Gasteiger partial charge in [-0.05, 0) is 25.1 Å². The summed E-state index contributed by atoms with van der Waals surface area (Å²) in [7, 11) is 0. The maximum atomic E-state index is 5.56. The van der Waals surface area contributed by atoms with Crippen LogP contribution in [0.2, 0.25) is 0 Å². The normalized spacial score (nSPS) is 15.9. The Morgan fingerprint density at radius 3 is 2.73 bits per heavy atom. The first-order valence-corrected chi connectivity index (χ1v) is 4.96. The van der Waals surface area contributed by atoms with Gasteiger partial charge in [0.2, 0.25) is 0 Å². The molecule has 0 amide bonds. The molecule has 15 heavy (non-hydrogen) atoms. The summed E-state index contributed by atoms with van der Waals surface area (Å²) in [6.07, 6.45) is 0.911. The molecule has 0 fully saturated rings. The molecule has 0 radical (unpaired) electrons. The minimum atomic E-state index is 0.690. The van der Waals surface area contributed by atoms with Gasteiger partial charge >= 0.3 is 0 Å². The quantitative estimate of drug-likeness (QED) is 0.430. The lowest BCUT2D eigenvalue weighted by Crippen LogP contribution is -2.00. The van der Waals surface area contributed by atoms with Gasteiger partial charge in [0.25, 0.3) is 0 Å². The van der Waals surface area contributed by atoms with Crippen molar-refractivity contribution in [1.82, 2.24) is 0 Å². The average Bonchev–Trinajstić information content (AvgIpc) is 2.51. The maximum Gasteiger partial charge on any atom is 0.161 e. The van der Waals surface area contributed by atoms with Crippen molar-refractivity contribution in [2.45, 2.75) is 13.3 Å². The van der Waals surface area contributed by atoms with Gasteiger partial charge in [0.1, 0.15) is 0 Å². The standard InChI is InChI=1S/C11H14N2O2/c1-8(13-12)9-3-4-10-11(7-9)15-6-2-5-14-10/h3-4,7H,2,5-6,12H2,1H3/b13-8-. The highest BCUT2D eigenvalue weighted by Gasteiger charge is 2.11. The van der Waals surface area contributed by atoms with Gasteiger partial charge in [0.05, 0.1) is 18.9 Å². The van der Waals surface area contributed by atoms with Crippen molar-refractivity contribution in [2.24, 2.45) is 10.9 Å². The number of fused-ring (bicyclic) bond motifs is 1. The van der Waals surface area contributed by atoms with E-state index in [9.17, 15) is 0 Å². The Morgan fingerprint density at radius 2 is 2.00 bits per heavy atom. The Kier molecular flexibility index (Phi) is 2.76. The van der Waals surface area contributed by atoms with Crippen molar-refractivity contribution in [1.29, 1.82) is 0 Å². The molecule has 0 aliphatic carbocycles. The molecule has 1 aromatic carbocycles. The smallest absolute Gasteiger partial charge is 0.161 e. The van der Waals surface area contributed by atoms with Gasteiger partial charge in [-0.15, -0.1) is 0 Å². The molecule has 0 unspecified atom stereocenters. The van der Waals surface area contributed by atoms with Crippen LogP contribution in [0.15, 0.2) is 23.3 Å². The Labute approximate surface area is 88.7 Å². The lowest BCUT2D eigenvalue weighted by molar-refractivity contribution is 0.297. The van der Waals surface area contributed by atoms with Crippen LogP contribution in [0, 0.1) is 0 Å². The molecule has 4 heteroatoms. The first-order chi connectivity index (χ1) is 7.31. The third-order valence-corrected chi connectivity index (χ3v) is 2.36. The van der Waals surface area contributed by atoms with Crippen molar-refractivity contribution >= 4 is 5.71 Å². The van der Waals surface area contributed by atoms with E-state index >= 15 is 0 Å². The topological polar surface area (TPSA) is 56.8 Å². The van der Waals surface area contributed by atoms with E-state index in [1.54, 1.807) is 0 Å². The molecular formula is C11H14N2O2. The third-order valence-electron chi connectivity index (χ3n) is 2.36. The van der Waals surface area contributed by atoms with Gasteiger partial charge in [0, 0.05) is 12.0 Å². The lowest BCUT2D eigenvalue weighted by Gasteiger charge is -2.08. The zero-order valence-electron chi connectivity index (χ0n) is 8.69. The van der Waals surface area contributed by atoms with Crippen LogP contribution < -0.4 is 15.3 Å².